The van der Waals surface area contributed by atoms with E-state index in [1.165, 1.54) is 43.4 Å². The van der Waals surface area contributed by atoms with E-state index in [-0.39, 0.29) is 5.91 Å². The molecule has 0 aromatic carbocycles. The van der Waals surface area contributed by atoms with Crippen molar-refractivity contribution >= 4 is 22.2 Å². The fraction of sp³-hybridized carbons (Fsp3) is 0.625. The van der Waals surface area contributed by atoms with Gasteiger partial charge in [0, 0.05) is 19.5 Å². The zero-order chi connectivity index (χ0) is 15.1. The number of anilines is 1. The summed E-state index contributed by atoms with van der Waals surface area (Å²) >= 11 is 1.40. The largest absolute Gasteiger partial charge is 0.317 e. The molecule has 0 unspecified atom stereocenters. The fourth-order valence-electron chi connectivity index (χ4n) is 2.88. The lowest BCUT2D eigenvalue weighted by Crippen LogP contribution is -2.30. The van der Waals surface area contributed by atoms with Crippen LogP contribution < -0.4 is 5.32 Å². The molecule has 0 bridgehead atoms. The van der Waals surface area contributed by atoms with Gasteiger partial charge in [0.05, 0.1) is 5.56 Å². The molecule has 1 aromatic heterocycles. The summed E-state index contributed by atoms with van der Waals surface area (Å²) in [5.74, 6) is 0.791. The molecule has 0 aliphatic heterocycles. The number of nitriles is 1. The highest BCUT2D eigenvalue weighted by molar-refractivity contribution is 7.14. The molecule has 5 heteroatoms. The van der Waals surface area contributed by atoms with Crippen molar-refractivity contribution in [3.8, 4) is 6.07 Å². The number of hydrogen-bond donors (Lipinski definition) is 1. The van der Waals surface area contributed by atoms with Gasteiger partial charge in [-0.25, -0.2) is 0 Å². The van der Waals surface area contributed by atoms with Crippen LogP contribution in [-0.4, -0.2) is 30.9 Å². The van der Waals surface area contributed by atoms with Crippen LogP contribution in [-0.2, 0) is 4.79 Å². The lowest BCUT2D eigenvalue weighted by molar-refractivity contribution is -0.116. The smallest absolute Gasteiger partial charge is 0.226 e. The molecule has 1 aliphatic rings. The molecule has 21 heavy (non-hydrogen) atoms. The van der Waals surface area contributed by atoms with Crippen LogP contribution >= 0.6 is 11.3 Å². The molecule has 0 atom stereocenters. The molecular formula is C16H23N3OS. The summed E-state index contributed by atoms with van der Waals surface area (Å²) in [5.41, 5.74) is 0.545. The number of carbonyl (C=O) groups is 1. The minimum Gasteiger partial charge on any atom is -0.317 e. The number of nitrogens with one attached hydrogen (secondary N) is 1. The van der Waals surface area contributed by atoms with Gasteiger partial charge in [-0.1, -0.05) is 19.3 Å². The van der Waals surface area contributed by atoms with Gasteiger partial charge in [0.1, 0.15) is 11.1 Å². The fourth-order valence-corrected chi connectivity index (χ4v) is 3.63. The predicted molar refractivity (Wildman–Crippen MR) is 86.4 cm³/mol. The van der Waals surface area contributed by atoms with E-state index in [4.69, 9.17) is 5.26 Å². The third kappa shape index (κ3) is 5.14. The Kier molecular flexibility index (Phi) is 6.21. The van der Waals surface area contributed by atoms with Crippen LogP contribution in [0.3, 0.4) is 0 Å². The van der Waals surface area contributed by atoms with E-state index in [0.29, 0.717) is 17.0 Å². The van der Waals surface area contributed by atoms with E-state index in [9.17, 15) is 4.79 Å². The van der Waals surface area contributed by atoms with Gasteiger partial charge in [-0.05, 0) is 37.3 Å². The minimum atomic E-state index is -0.00977. The zero-order valence-corrected chi connectivity index (χ0v) is 13.4. The van der Waals surface area contributed by atoms with Crippen molar-refractivity contribution in [2.75, 3.05) is 25.5 Å². The maximum Gasteiger partial charge on any atom is 0.226 e. The number of amides is 1. The van der Waals surface area contributed by atoms with Gasteiger partial charge in [-0.2, -0.15) is 5.26 Å². The van der Waals surface area contributed by atoms with E-state index < -0.39 is 0 Å². The van der Waals surface area contributed by atoms with E-state index >= 15 is 0 Å². The Bertz CT molecular complexity index is 500. The van der Waals surface area contributed by atoms with Crippen molar-refractivity contribution in [1.29, 1.82) is 5.26 Å². The molecule has 1 fully saturated rings. The number of rotatable bonds is 6. The van der Waals surface area contributed by atoms with Crippen LogP contribution in [0.2, 0.25) is 0 Å². The normalized spacial score (nSPS) is 15.9. The maximum atomic E-state index is 11.9. The summed E-state index contributed by atoms with van der Waals surface area (Å²) in [5, 5.41) is 14.2. The van der Waals surface area contributed by atoms with Crippen LogP contribution in [0.5, 0.6) is 0 Å². The monoisotopic (exact) mass is 305 g/mol. The lowest BCUT2D eigenvalue weighted by atomic mass is 9.89. The van der Waals surface area contributed by atoms with Crippen LogP contribution in [0.15, 0.2) is 11.4 Å². The summed E-state index contributed by atoms with van der Waals surface area (Å²) < 4.78 is 0. The summed E-state index contributed by atoms with van der Waals surface area (Å²) in [4.78, 5) is 14.2. The second kappa shape index (κ2) is 8.16. The Hall–Kier alpha value is -1.38. The summed E-state index contributed by atoms with van der Waals surface area (Å²) in [6.45, 7) is 1.87. The summed E-state index contributed by atoms with van der Waals surface area (Å²) in [6, 6.07) is 3.82. The van der Waals surface area contributed by atoms with Crippen molar-refractivity contribution in [3.63, 3.8) is 0 Å². The highest BCUT2D eigenvalue weighted by Crippen LogP contribution is 2.24. The maximum absolute atomic E-state index is 11.9. The van der Waals surface area contributed by atoms with Crippen molar-refractivity contribution in [2.24, 2.45) is 5.92 Å². The summed E-state index contributed by atoms with van der Waals surface area (Å²) in [7, 11) is 2.09. The third-order valence-electron chi connectivity index (χ3n) is 4.05. The molecule has 1 aliphatic carbocycles. The Morgan fingerprint density at radius 3 is 2.95 bits per heavy atom. The van der Waals surface area contributed by atoms with Gasteiger partial charge >= 0.3 is 0 Å². The van der Waals surface area contributed by atoms with E-state index in [0.717, 1.165) is 19.0 Å². The topological polar surface area (TPSA) is 56.1 Å². The first-order valence-corrected chi connectivity index (χ1v) is 8.53. The summed E-state index contributed by atoms with van der Waals surface area (Å²) in [6.07, 6.45) is 7.23. The van der Waals surface area contributed by atoms with Crippen LogP contribution in [0, 0.1) is 17.2 Å². The van der Waals surface area contributed by atoms with Gasteiger partial charge in [0.15, 0.2) is 0 Å². The molecule has 0 spiro atoms. The predicted octanol–water partition coefficient (Wildman–Crippen LogP) is 3.46. The first-order valence-electron chi connectivity index (χ1n) is 7.65. The Morgan fingerprint density at radius 2 is 2.24 bits per heavy atom. The van der Waals surface area contributed by atoms with Crippen molar-refractivity contribution < 1.29 is 4.79 Å². The Balaban J connectivity index is 1.69. The van der Waals surface area contributed by atoms with Gasteiger partial charge in [-0.15, -0.1) is 11.3 Å². The van der Waals surface area contributed by atoms with E-state index in [2.05, 4.69) is 23.3 Å². The Labute approximate surface area is 130 Å². The molecule has 2 rings (SSSR count). The van der Waals surface area contributed by atoms with Crippen molar-refractivity contribution in [1.82, 2.24) is 4.90 Å². The quantitative estimate of drug-likeness (QED) is 0.875. The van der Waals surface area contributed by atoms with E-state index in [1.54, 1.807) is 6.07 Å². The molecule has 0 saturated heterocycles. The Morgan fingerprint density at radius 1 is 1.48 bits per heavy atom. The molecule has 1 amide bonds. The van der Waals surface area contributed by atoms with Crippen LogP contribution in [0.1, 0.15) is 44.1 Å². The van der Waals surface area contributed by atoms with Crippen molar-refractivity contribution in [2.45, 2.75) is 38.5 Å². The molecule has 4 nitrogen and oxygen atoms in total. The first-order chi connectivity index (χ1) is 10.2. The van der Waals surface area contributed by atoms with E-state index in [1.807, 2.05) is 5.38 Å². The number of thiophene rings is 1. The van der Waals surface area contributed by atoms with Gasteiger partial charge in [0.2, 0.25) is 5.91 Å². The molecule has 1 aromatic rings. The first kappa shape index (κ1) is 16.0. The molecule has 114 valence electrons. The number of carbonyl (C=O) groups excluding carboxylic acids is 1. The zero-order valence-electron chi connectivity index (χ0n) is 12.6. The number of hydrogen-bond acceptors (Lipinski definition) is 4. The SMILES string of the molecule is CN(CCC(=O)Nc1sccc1C#N)CC1CCCCC1. The molecule has 1 heterocycles. The average Bonchev–Trinajstić information content (AvgIpc) is 2.93. The molecule has 1 N–H and O–H groups in total. The molecule has 0 radical (unpaired) electrons. The lowest BCUT2D eigenvalue weighted by Gasteiger charge is -2.26. The van der Waals surface area contributed by atoms with Gasteiger partial charge < -0.3 is 10.2 Å². The minimum absolute atomic E-state index is 0.00977. The highest BCUT2D eigenvalue weighted by Gasteiger charge is 2.16. The van der Waals surface area contributed by atoms with Crippen LogP contribution in [0.4, 0.5) is 5.00 Å². The average molecular weight is 305 g/mol. The van der Waals surface area contributed by atoms with Crippen LogP contribution in [0.25, 0.3) is 0 Å². The number of nitrogens with zero attached hydrogens (tertiary/aromatic N) is 2. The van der Waals surface area contributed by atoms with Gasteiger partial charge in [0.25, 0.3) is 0 Å². The molecule has 1 saturated carbocycles. The second-order valence-electron chi connectivity index (χ2n) is 5.84. The second-order valence-corrected chi connectivity index (χ2v) is 6.76. The van der Waals surface area contributed by atoms with Gasteiger partial charge in [-0.3, -0.25) is 4.79 Å². The molecular weight excluding hydrogens is 282 g/mol. The highest BCUT2D eigenvalue weighted by atomic mass is 32.1. The van der Waals surface area contributed by atoms with Crippen molar-refractivity contribution in [3.05, 3.63) is 17.0 Å². The third-order valence-corrected chi connectivity index (χ3v) is 4.88. The standard InChI is InChI=1S/C16H23N3OS/c1-19(12-13-5-3-2-4-6-13)9-7-15(20)18-16-14(11-17)8-10-21-16/h8,10,13H,2-7,9,12H2,1H3,(H,18,20).